The second-order valence-corrected chi connectivity index (χ2v) is 6.17. The van der Waals surface area contributed by atoms with Gasteiger partial charge in [-0.05, 0) is 19.1 Å². The number of hydrogen-bond acceptors (Lipinski definition) is 3. The lowest BCUT2D eigenvalue weighted by molar-refractivity contribution is -0.233. The molecule has 1 amide bonds. The average Bonchev–Trinajstić information content (AvgIpc) is 2.96. The lowest BCUT2D eigenvalue weighted by atomic mass is 10.1. The highest BCUT2D eigenvalue weighted by Crippen LogP contribution is 2.28. The van der Waals surface area contributed by atoms with Gasteiger partial charge in [-0.3, -0.25) is 9.89 Å². The second-order valence-electron chi connectivity index (χ2n) is 5.73. The van der Waals surface area contributed by atoms with Gasteiger partial charge < -0.3 is 9.64 Å². The molecule has 1 N–H and O–H groups in total. The van der Waals surface area contributed by atoms with Crippen LogP contribution in [0.2, 0.25) is 5.02 Å². The van der Waals surface area contributed by atoms with E-state index in [4.69, 9.17) is 16.3 Å². The van der Waals surface area contributed by atoms with Crippen LogP contribution in [0.25, 0.3) is 11.3 Å². The molecule has 1 aliphatic rings. The van der Waals surface area contributed by atoms with Gasteiger partial charge in [-0.15, -0.1) is 0 Å². The standard InChI is InChI=1S/C16H15ClF3N3O2/c1-9-13(10-2-4-11(17)5-3-10)21-22-14(9)15(24)23-6-7-25-12(8-23)16(18,19)20/h2-5,12H,6-8H2,1H3,(H,21,22). The summed E-state index contributed by atoms with van der Waals surface area (Å²) in [5.41, 5.74) is 2.06. The van der Waals surface area contributed by atoms with Crippen LogP contribution >= 0.6 is 11.6 Å². The molecular formula is C16H15ClF3N3O2. The molecule has 1 aliphatic heterocycles. The molecule has 0 spiro atoms. The highest BCUT2D eigenvalue weighted by molar-refractivity contribution is 6.30. The summed E-state index contributed by atoms with van der Waals surface area (Å²) in [6.07, 6.45) is -6.47. The molecule has 0 radical (unpaired) electrons. The Morgan fingerprint density at radius 1 is 1.36 bits per heavy atom. The summed E-state index contributed by atoms with van der Waals surface area (Å²) in [6.45, 7) is 1.10. The molecule has 25 heavy (non-hydrogen) atoms. The first-order valence-corrected chi connectivity index (χ1v) is 7.93. The van der Waals surface area contributed by atoms with E-state index in [0.29, 0.717) is 16.3 Å². The summed E-state index contributed by atoms with van der Waals surface area (Å²) < 4.78 is 43.2. The molecular weight excluding hydrogens is 359 g/mol. The number of rotatable bonds is 2. The number of H-pyrrole nitrogens is 1. The molecule has 0 saturated carbocycles. The Labute approximate surface area is 146 Å². The summed E-state index contributed by atoms with van der Waals surface area (Å²) >= 11 is 5.85. The molecule has 1 atom stereocenters. The van der Waals surface area contributed by atoms with Gasteiger partial charge in [0, 0.05) is 22.7 Å². The molecule has 1 saturated heterocycles. The fraction of sp³-hybridized carbons (Fsp3) is 0.375. The Balaban J connectivity index is 1.82. The summed E-state index contributed by atoms with van der Waals surface area (Å²) in [6, 6.07) is 6.91. The molecule has 134 valence electrons. The number of alkyl halides is 3. The third kappa shape index (κ3) is 3.64. The number of amides is 1. The Morgan fingerprint density at radius 3 is 2.68 bits per heavy atom. The lowest BCUT2D eigenvalue weighted by Crippen LogP contribution is -2.51. The van der Waals surface area contributed by atoms with Gasteiger partial charge in [0.1, 0.15) is 5.69 Å². The Morgan fingerprint density at radius 2 is 2.04 bits per heavy atom. The van der Waals surface area contributed by atoms with E-state index in [1.807, 2.05) is 0 Å². The summed E-state index contributed by atoms with van der Waals surface area (Å²) in [7, 11) is 0. The smallest absolute Gasteiger partial charge is 0.365 e. The number of halogens is 4. The first-order valence-electron chi connectivity index (χ1n) is 7.56. The first kappa shape index (κ1) is 17.8. The number of ether oxygens (including phenoxy) is 1. The number of nitrogens with zero attached hydrogens (tertiary/aromatic N) is 2. The van der Waals surface area contributed by atoms with Crippen molar-refractivity contribution >= 4 is 17.5 Å². The van der Waals surface area contributed by atoms with Crippen molar-refractivity contribution in [3.05, 3.63) is 40.5 Å². The largest absolute Gasteiger partial charge is 0.416 e. The third-order valence-corrected chi connectivity index (χ3v) is 4.31. The van der Waals surface area contributed by atoms with Crippen molar-refractivity contribution in [1.82, 2.24) is 15.1 Å². The number of aromatic nitrogens is 2. The molecule has 1 unspecified atom stereocenters. The summed E-state index contributed by atoms with van der Waals surface area (Å²) in [4.78, 5) is 13.7. The average molecular weight is 374 g/mol. The van der Waals surface area contributed by atoms with E-state index in [1.165, 1.54) is 0 Å². The number of benzene rings is 1. The minimum atomic E-state index is -4.50. The number of carbonyl (C=O) groups is 1. The van der Waals surface area contributed by atoms with Crippen LogP contribution in [0.5, 0.6) is 0 Å². The summed E-state index contributed by atoms with van der Waals surface area (Å²) in [5.74, 6) is -0.525. The first-order chi connectivity index (χ1) is 11.8. The van der Waals surface area contributed by atoms with Gasteiger partial charge in [0.05, 0.1) is 18.8 Å². The molecule has 9 heteroatoms. The zero-order valence-corrected chi connectivity index (χ0v) is 14.0. The predicted octanol–water partition coefficient (Wildman–Crippen LogP) is 3.44. The number of aromatic amines is 1. The van der Waals surface area contributed by atoms with Crippen molar-refractivity contribution < 1.29 is 22.7 Å². The van der Waals surface area contributed by atoms with Gasteiger partial charge in [-0.25, -0.2) is 0 Å². The maximum absolute atomic E-state index is 12.8. The third-order valence-electron chi connectivity index (χ3n) is 4.06. The van der Waals surface area contributed by atoms with E-state index in [9.17, 15) is 18.0 Å². The van der Waals surface area contributed by atoms with Crippen LogP contribution in [0.4, 0.5) is 13.2 Å². The zero-order valence-electron chi connectivity index (χ0n) is 13.2. The van der Waals surface area contributed by atoms with Crippen LogP contribution in [0.15, 0.2) is 24.3 Å². The van der Waals surface area contributed by atoms with E-state index in [0.717, 1.165) is 10.5 Å². The van der Waals surface area contributed by atoms with Crippen LogP contribution in [0, 0.1) is 6.92 Å². The van der Waals surface area contributed by atoms with Crippen molar-refractivity contribution in [3.8, 4) is 11.3 Å². The molecule has 0 bridgehead atoms. The van der Waals surface area contributed by atoms with Gasteiger partial charge in [-0.1, -0.05) is 23.7 Å². The highest BCUT2D eigenvalue weighted by atomic mass is 35.5. The van der Waals surface area contributed by atoms with Crippen LogP contribution in [-0.2, 0) is 4.74 Å². The second kappa shape index (κ2) is 6.68. The van der Waals surface area contributed by atoms with Crippen LogP contribution < -0.4 is 0 Å². The van der Waals surface area contributed by atoms with Gasteiger partial charge in [0.15, 0.2) is 6.10 Å². The lowest BCUT2D eigenvalue weighted by Gasteiger charge is -2.33. The molecule has 5 nitrogen and oxygen atoms in total. The number of nitrogens with one attached hydrogen (secondary N) is 1. The van der Waals surface area contributed by atoms with Gasteiger partial charge >= 0.3 is 6.18 Å². The molecule has 0 aliphatic carbocycles. The Kier molecular flexibility index (Phi) is 4.75. The van der Waals surface area contributed by atoms with E-state index >= 15 is 0 Å². The fourth-order valence-corrected chi connectivity index (χ4v) is 2.81. The van der Waals surface area contributed by atoms with Crippen molar-refractivity contribution in [3.63, 3.8) is 0 Å². The quantitative estimate of drug-likeness (QED) is 0.877. The number of morpholine rings is 1. The maximum atomic E-state index is 12.8. The molecule has 1 aromatic carbocycles. The molecule has 3 rings (SSSR count). The highest BCUT2D eigenvalue weighted by Gasteiger charge is 2.44. The minimum absolute atomic E-state index is 0.0974. The van der Waals surface area contributed by atoms with Crippen LogP contribution in [0.3, 0.4) is 0 Å². The monoisotopic (exact) mass is 373 g/mol. The van der Waals surface area contributed by atoms with Crippen molar-refractivity contribution in [1.29, 1.82) is 0 Å². The molecule has 1 aromatic heterocycles. The minimum Gasteiger partial charge on any atom is -0.365 e. The Hall–Kier alpha value is -2.06. The van der Waals surface area contributed by atoms with Gasteiger partial charge in [0.25, 0.3) is 5.91 Å². The van der Waals surface area contributed by atoms with E-state index < -0.39 is 24.7 Å². The predicted molar refractivity (Wildman–Crippen MR) is 85.5 cm³/mol. The van der Waals surface area contributed by atoms with Crippen molar-refractivity contribution in [2.75, 3.05) is 19.7 Å². The normalized spacial score (nSPS) is 18.4. The van der Waals surface area contributed by atoms with Crippen LogP contribution in [0.1, 0.15) is 16.1 Å². The number of carbonyl (C=O) groups excluding carboxylic acids is 1. The van der Waals surface area contributed by atoms with Crippen molar-refractivity contribution in [2.45, 2.75) is 19.2 Å². The number of hydrogen-bond donors (Lipinski definition) is 1. The fourth-order valence-electron chi connectivity index (χ4n) is 2.68. The van der Waals surface area contributed by atoms with E-state index in [1.54, 1.807) is 31.2 Å². The van der Waals surface area contributed by atoms with Gasteiger partial charge in [-0.2, -0.15) is 18.3 Å². The Bertz CT molecular complexity index is 774. The topological polar surface area (TPSA) is 58.2 Å². The zero-order chi connectivity index (χ0) is 18.2. The molecule has 1 fully saturated rings. The SMILES string of the molecule is Cc1c(-c2ccc(Cl)cc2)n[nH]c1C(=O)N1CCOC(C(F)(F)F)C1. The van der Waals surface area contributed by atoms with E-state index in [2.05, 4.69) is 10.2 Å². The van der Waals surface area contributed by atoms with Crippen LogP contribution in [-0.4, -0.2) is 53.0 Å². The van der Waals surface area contributed by atoms with Gasteiger partial charge in [0.2, 0.25) is 0 Å². The van der Waals surface area contributed by atoms with Crippen molar-refractivity contribution in [2.24, 2.45) is 0 Å². The molecule has 2 heterocycles. The van der Waals surface area contributed by atoms with E-state index in [-0.39, 0.29) is 18.8 Å². The summed E-state index contributed by atoms with van der Waals surface area (Å²) in [5, 5.41) is 7.34. The molecule has 2 aromatic rings. The maximum Gasteiger partial charge on any atom is 0.416 e.